The Balaban J connectivity index is 4.66. The second kappa shape index (κ2) is 11.7. The fraction of sp³-hybridized carbons (Fsp3) is 0.750. The highest BCUT2D eigenvalue weighted by Crippen LogP contribution is 2.26. The zero-order valence-corrected chi connectivity index (χ0v) is 19.6. The van der Waals surface area contributed by atoms with E-state index in [0.29, 0.717) is 12.1 Å². The molecule has 0 aromatic rings. The minimum absolute atomic E-state index is 0.0326. The van der Waals surface area contributed by atoms with Crippen LogP contribution < -0.4 is 5.32 Å². The van der Waals surface area contributed by atoms with Crippen molar-refractivity contribution in [1.82, 2.24) is 5.32 Å². The molecule has 0 aliphatic rings. The molecule has 0 aromatic heterocycles. The lowest BCUT2D eigenvalue weighted by molar-refractivity contribution is -0.206. The van der Waals surface area contributed by atoms with Gasteiger partial charge in [-0.3, -0.25) is 4.79 Å². The van der Waals surface area contributed by atoms with E-state index in [9.17, 15) is 15.3 Å². The van der Waals surface area contributed by atoms with Gasteiger partial charge in [0.05, 0.1) is 12.1 Å². The Morgan fingerprint density at radius 2 is 1.79 bits per heavy atom. The van der Waals surface area contributed by atoms with E-state index in [2.05, 4.69) is 60.0 Å². The van der Waals surface area contributed by atoms with Crippen LogP contribution >= 0.6 is 0 Å². The summed E-state index contributed by atoms with van der Waals surface area (Å²) in [5.41, 5.74) is -1.85. The molecule has 0 rings (SSSR count). The van der Waals surface area contributed by atoms with E-state index in [1.54, 1.807) is 6.92 Å². The van der Waals surface area contributed by atoms with Crippen molar-refractivity contribution in [1.29, 1.82) is 10.5 Å². The average molecular weight is 422 g/mol. The van der Waals surface area contributed by atoms with Crippen molar-refractivity contribution < 1.29 is 14.9 Å². The van der Waals surface area contributed by atoms with Crippen molar-refractivity contribution >= 4 is 14.0 Å². The summed E-state index contributed by atoms with van der Waals surface area (Å²) in [6, 6.07) is 5.17. The maximum atomic E-state index is 12.1. The largest absolute Gasteiger partial charge is 0.356 e. The summed E-state index contributed by atoms with van der Waals surface area (Å²) in [7, 11) is -1.23. The SMILES string of the molecule is C=C(CC(C)(C#N)N=NC(C)(C#N)CCC(=O)NCCC[Si](C)(C)C(C)C)OO. The van der Waals surface area contributed by atoms with Gasteiger partial charge in [-0.15, -0.1) is 0 Å². The van der Waals surface area contributed by atoms with Gasteiger partial charge in [0.15, 0.2) is 11.1 Å². The monoisotopic (exact) mass is 421 g/mol. The Hall–Kier alpha value is -2.23. The van der Waals surface area contributed by atoms with E-state index in [0.717, 1.165) is 12.5 Å². The van der Waals surface area contributed by atoms with Crippen LogP contribution in [0.3, 0.4) is 0 Å². The summed E-state index contributed by atoms with van der Waals surface area (Å²) in [5.74, 6) is -0.162. The number of hydrogen-bond acceptors (Lipinski definition) is 7. The van der Waals surface area contributed by atoms with Crippen LogP contribution in [0, 0.1) is 22.7 Å². The molecular formula is C20H35N5O3Si. The number of nitriles is 2. The second-order valence-corrected chi connectivity index (χ2v) is 14.5. The van der Waals surface area contributed by atoms with Gasteiger partial charge >= 0.3 is 0 Å². The minimum atomic E-state index is -1.33. The van der Waals surface area contributed by atoms with Crippen molar-refractivity contribution in [2.24, 2.45) is 10.2 Å². The minimum Gasteiger partial charge on any atom is -0.356 e. The molecule has 0 aliphatic carbocycles. The molecule has 29 heavy (non-hydrogen) atoms. The Kier molecular flexibility index (Phi) is 10.8. The van der Waals surface area contributed by atoms with Gasteiger partial charge in [-0.05, 0) is 26.7 Å². The second-order valence-electron chi connectivity index (χ2n) is 8.87. The van der Waals surface area contributed by atoms with E-state index in [1.165, 1.54) is 6.92 Å². The number of rotatable bonds is 13. The summed E-state index contributed by atoms with van der Waals surface area (Å²) >= 11 is 0. The number of nitrogens with one attached hydrogen (secondary N) is 1. The lowest BCUT2D eigenvalue weighted by atomic mass is 9.98. The molecule has 0 heterocycles. The fourth-order valence-electron chi connectivity index (χ4n) is 2.37. The van der Waals surface area contributed by atoms with Gasteiger partial charge in [0, 0.05) is 27.5 Å². The number of amides is 1. The van der Waals surface area contributed by atoms with Crippen LogP contribution in [0.1, 0.15) is 53.4 Å². The highest BCUT2D eigenvalue weighted by atomic mass is 28.3. The highest BCUT2D eigenvalue weighted by Gasteiger charge is 2.30. The molecule has 2 atom stereocenters. The topological polar surface area (TPSA) is 131 Å². The van der Waals surface area contributed by atoms with Crippen molar-refractivity contribution in [3.8, 4) is 12.1 Å². The molecule has 8 nitrogen and oxygen atoms in total. The van der Waals surface area contributed by atoms with Gasteiger partial charge in [-0.2, -0.15) is 20.8 Å². The molecule has 0 aliphatic heterocycles. The van der Waals surface area contributed by atoms with Crippen molar-refractivity contribution in [3.63, 3.8) is 0 Å². The van der Waals surface area contributed by atoms with Gasteiger partial charge in [0.2, 0.25) is 5.91 Å². The lowest BCUT2D eigenvalue weighted by Crippen LogP contribution is -2.32. The summed E-state index contributed by atoms with van der Waals surface area (Å²) in [6.07, 6.45) is 1.21. The van der Waals surface area contributed by atoms with Gasteiger partial charge in [-0.1, -0.05) is 45.1 Å². The van der Waals surface area contributed by atoms with E-state index in [4.69, 9.17) is 5.26 Å². The van der Waals surface area contributed by atoms with Gasteiger partial charge in [-0.25, -0.2) is 5.26 Å². The molecule has 0 radical (unpaired) electrons. The summed E-state index contributed by atoms with van der Waals surface area (Å²) in [4.78, 5) is 16.1. The summed E-state index contributed by atoms with van der Waals surface area (Å²) < 4.78 is 0. The van der Waals surface area contributed by atoms with E-state index in [1.807, 2.05) is 6.07 Å². The molecule has 2 unspecified atom stereocenters. The summed E-state index contributed by atoms with van der Waals surface area (Å²) in [5, 5.41) is 38.2. The van der Waals surface area contributed by atoms with Crippen LogP contribution in [-0.2, 0) is 9.68 Å². The molecule has 0 fully saturated rings. The quantitative estimate of drug-likeness (QED) is 0.110. The van der Waals surface area contributed by atoms with Crippen LogP contribution in [0.5, 0.6) is 0 Å². The zero-order chi connectivity index (χ0) is 22.7. The molecule has 0 bridgehead atoms. The van der Waals surface area contributed by atoms with Crippen molar-refractivity contribution in [2.45, 2.75) is 89.1 Å². The van der Waals surface area contributed by atoms with Crippen LogP contribution in [0.15, 0.2) is 22.6 Å². The number of hydrogen-bond donors (Lipinski definition) is 2. The first-order valence-electron chi connectivity index (χ1n) is 9.85. The molecular weight excluding hydrogens is 386 g/mol. The molecule has 9 heteroatoms. The van der Waals surface area contributed by atoms with Crippen LogP contribution in [0.2, 0.25) is 24.7 Å². The first-order valence-corrected chi connectivity index (χ1v) is 13.1. The van der Waals surface area contributed by atoms with Crippen molar-refractivity contribution in [2.75, 3.05) is 6.54 Å². The predicted octanol–water partition coefficient (Wildman–Crippen LogP) is 4.80. The number of carbonyl (C=O) groups is 1. The zero-order valence-electron chi connectivity index (χ0n) is 18.6. The third kappa shape index (κ3) is 10.2. The van der Waals surface area contributed by atoms with Gasteiger partial charge in [0.1, 0.15) is 5.76 Å². The maximum absolute atomic E-state index is 12.1. The normalized spacial score (nSPS) is 15.8. The number of nitrogens with zero attached hydrogens (tertiary/aromatic N) is 4. The molecule has 0 spiro atoms. The molecule has 1 amide bonds. The highest BCUT2D eigenvalue weighted by molar-refractivity contribution is 6.78. The van der Waals surface area contributed by atoms with E-state index >= 15 is 0 Å². The van der Waals surface area contributed by atoms with E-state index in [-0.39, 0.29) is 30.9 Å². The fourth-order valence-corrected chi connectivity index (χ4v) is 4.03. The Morgan fingerprint density at radius 1 is 1.24 bits per heavy atom. The Bertz CT molecular complexity index is 681. The first-order chi connectivity index (χ1) is 13.3. The Labute approximate surface area is 175 Å². The third-order valence-corrected chi connectivity index (χ3v) is 10.1. The molecule has 162 valence electrons. The number of carbonyl (C=O) groups excluding carboxylic acids is 1. The van der Waals surface area contributed by atoms with Crippen LogP contribution in [-0.4, -0.2) is 36.9 Å². The van der Waals surface area contributed by atoms with Crippen LogP contribution in [0.4, 0.5) is 0 Å². The first kappa shape index (κ1) is 26.8. The maximum Gasteiger partial charge on any atom is 0.220 e. The Morgan fingerprint density at radius 3 is 2.28 bits per heavy atom. The lowest BCUT2D eigenvalue weighted by Gasteiger charge is -2.26. The average Bonchev–Trinajstić information content (AvgIpc) is 2.68. The molecule has 0 saturated carbocycles. The smallest absolute Gasteiger partial charge is 0.220 e. The van der Waals surface area contributed by atoms with Crippen molar-refractivity contribution in [3.05, 3.63) is 12.3 Å². The van der Waals surface area contributed by atoms with Gasteiger partial charge < -0.3 is 10.2 Å². The third-order valence-electron chi connectivity index (χ3n) is 5.37. The predicted molar refractivity (Wildman–Crippen MR) is 115 cm³/mol. The van der Waals surface area contributed by atoms with E-state index < -0.39 is 19.2 Å². The molecule has 2 N–H and O–H groups in total. The standard InChI is InChI=1S/C20H35N5O3Si/c1-16(2)29(6,7)12-8-11-23-18(26)9-10-19(4,14-21)24-25-20(5,15-22)13-17(3)28-27/h16,27H,3,8-13H2,1-2,4-7H3,(H,23,26). The molecule has 0 aromatic carbocycles. The van der Waals surface area contributed by atoms with Gasteiger partial charge in [0.25, 0.3) is 0 Å². The summed E-state index contributed by atoms with van der Waals surface area (Å²) in [6.45, 7) is 16.4. The number of azo groups is 1. The molecule has 0 saturated heterocycles. The van der Waals surface area contributed by atoms with Crippen LogP contribution in [0.25, 0.3) is 0 Å².